The molecule has 0 saturated carbocycles. The average Bonchev–Trinajstić information content (AvgIpc) is 2.42. The van der Waals surface area contributed by atoms with Crippen molar-refractivity contribution in [2.75, 3.05) is 0 Å². The van der Waals surface area contributed by atoms with Gasteiger partial charge in [0.15, 0.2) is 0 Å². The van der Waals surface area contributed by atoms with Crippen LogP contribution in [-0.4, -0.2) is 11.9 Å². The van der Waals surface area contributed by atoms with Gasteiger partial charge in [0.2, 0.25) is 5.66 Å². The number of aliphatic imine (C=N–C) groups is 1. The minimum atomic E-state index is -0.556. The van der Waals surface area contributed by atoms with Crippen LogP contribution in [-0.2, 0) is 0 Å². The minimum absolute atomic E-state index is 0.556. The molecule has 0 aliphatic carbocycles. The van der Waals surface area contributed by atoms with Gasteiger partial charge in [-0.05, 0) is 18.1 Å². The summed E-state index contributed by atoms with van der Waals surface area (Å²) in [6.07, 6.45) is 12.7. The van der Waals surface area contributed by atoms with Crippen molar-refractivity contribution in [2.45, 2.75) is 5.66 Å². The Kier molecular flexibility index (Phi) is 0.802. The number of hydrogen-bond donors (Lipinski definition) is 1. The molecule has 2 aliphatic rings. The standard InChI is InChI=1S/C8H6N2/c1-2-8-7(3-5-9-8)4-6-10-8/h1,3-6,9H. The normalized spacial score (nSPS) is 32.9. The lowest BCUT2D eigenvalue weighted by Gasteiger charge is -2.16. The highest BCUT2D eigenvalue weighted by atomic mass is 15.1. The number of hydrogen-bond acceptors (Lipinski definition) is 2. The van der Waals surface area contributed by atoms with Gasteiger partial charge in [0.05, 0.1) is 0 Å². The van der Waals surface area contributed by atoms with Gasteiger partial charge < -0.3 is 5.32 Å². The van der Waals surface area contributed by atoms with Crippen molar-refractivity contribution in [1.29, 1.82) is 0 Å². The zero-order valence-electron chi connectivity index (χ0n) is 5.33. The summed E-state index contributed by atoms with van der Waals surface area (Å²) in [5, 5.41) is 3.00. The zero-order chi connectivity index (χ0) is 7.03. The molecule has 0 bridgehead atoms. The maximum atomic E-state index is 5.30. The Morgan fingerprint density at radius 1 is 1.70 bits per heavy atom. The Morgan fingerprint density at radius 2 is 2.60 bits per heavy atom. The van der Waals surface area contributed by atoms with E-state index in [0.717, 1.165) is 5.57 Å². The Bertz CT molecular complexity index is 291. The molecule has 0 aromatic carbocycles. The molecule has 0 spiro atoms. The number of allylic oxidation sites excluding steroid dienone is 1. The lowest BCUT2D eigenvalue weighted by Crippen LogP contribution is -2.34. The molecule has 0 aromatic heterocycles. The largest absolute Gasteiger partial charge is 0.354 e. The van der Waals surface area contributed by atoms with E-state index in [1.807, 2.05) is 18.4 Å². The van der Waals surface area contributed by atoms with Crippen molar-refractivity contribution in [3.63, 3.8) is 0 Å². The smallest absolute Gasteiger partial charge is 0.218 e. The van der Waals surface area contributed by atoms with Crippen molar-refractivity contribution in [1.82, 2.24) is 5.32 Å². The molecule has 0 radical (unpaired) electrons. The minimum Gasteiger partial charge on any atom is -0.354 e. The Labute approximate surface area is 59.3 Å². The molecule has 1 unspecified atom stereocenters. The maximum Gasteiger partial charge on any atom is 0.218 e. The third-order valence-corrected chi connectivity index (χ3v) is 1.70. The number of rotatable bonds is 0. The molecule has 2 heterocycles. The third kappa shape index (κ3) is 0.427. The fourth-order valence-corrected chi connectivity index (χ4v) is 1.14. The summed E-state index contributed by atoms with van der Waals surface area (Å²) >= 11 is 0. The molecule has 1 atom stereocenters. The quantitative estimate of drug-likeness (QED) is 0.473. The summed E-state index contributed by atoms with van der Waals surface area (Å²) in [6.45, 7) is 0. The molecular weight excluding hydrogens is 124 g/mol. The first-order valence-electron chi connectivity index (χ1n) is 3.05. The molecule has 2 rings (SSSR count). The van der Waals surface area contributed by atoms with Crippen molar-refractivity contribution < 1.29 is 0 Å². The van der Waals surface area contributed by atoms with E-state index in [4.69, 9.17) is 6.42 Å². The highest BCUT2D eigenvalue weighted by Crippen LogP contribution is 2.26. The van der Waals surface area contributed by atoms with Crippen molar-refractivity contribution >= 4 is 6.21 Å². The van der Waals surface area contributed by atoms with Crippen LogP contribution >= 0.6 is 0 Å². The molecule has 0 saturated heterocycles. The molecule has 2 nitrogen and oxygen atoms in total. The first-order chi connectivity index (χ1) is 4.87. The van der Waals surface area contributed by atoms with E-state index in [1.54, 1.807) is 6.21 Å². The zero-order valence-corrected chi connectivity index (χ0v) is 5.33. The average molecular weight is 130 g/mol. The van der Waals surface area contributed by atoms with Crippen molar-refractivity contribution in [3.05, 3.63) is 23.9 Å². The van der Waals surface area contributed by atoms with E-state index < -0.39 is 5.66 Å². The van der Waals surface area contributed by atoms with Crippen LogP contribution in [0.5, 0.6) is 0 Å². The number of fused-ring (bicyclic) bond motifs is 1. The summed E-state index contributed by atoms with van der Waals surface area (Å²) in [5.74, 6) is 2.60. The van der Waals surface area contributed by atoms with Gasteiger partial charge in [0, 0.05) is 18.0 Å². The molecule has 0 amide bonds. The van der Waals surface area contributed by atoms with Crippen LogP contribution < -0.4 is 5.32 Å². The number of nitrogens with one attached hydrogen (secondary N) is 1. The van der Waals surface area contributed by atoms with Crippen LogP contribution in [0.4, 0.5) is 0 Å². The number of nitrogens with zero attached hydrogens (tertiary/aromatic N) is 1. The Hall–Kier alpha value is -1.49. The first-order valence-corrected chi connectivity index (χ1v) is 3.05. The molecule has 48 valence electrons. The maximum absolute atomic E-state index is 5.30. The lowest BCUT2D eigenvalue weighted by atomic mass is 10.1. The Morgan fingerprint density at radius 3 is 3.30 bits per heavy atom. The topological polar surface area (TPSA) is 24.4 Å². The van der Waals surface area contributed by atoms with Gasteiger partial charge in [-0.1, -0.05) is 0 Å². The highest BCUT2D eigenvalue weighted by molar-refractivity contribution is 5.80. The molecule has 0 fully saturated rings. The fraction of sp³-hybridized carbons (Fsp3) is 0.125. The first kappa shape index (κ1) is 5.31. The summed E-state index contributed by atoms with van der Waals surface area (Å²) in [7, 11) is 0. The van der Waals surface area contributed by atoms with Crippen LogP contribution in [0.25, 0.3) is 0 Å². The molecule has 0 aromatic rings. The monoisotopic (exact) mass is 130 g/mol. The van der Waals surface area contributed by atoms with Gasteiger partial charge in [0.1, 0.15) is 0 Å². The summed E-state index contributed by atoms with van der Waals surface area (Å²) in [4.78, 5) is 4.12. The van der Waals surface area contributed by atoms with Gasteiger partial charge >= 0.3 is 0 Å². The van der Waals surface area contributed by atoms with E-state index in [9.17, 15) is 0 Å². The fourth-order valence-electron chi connectivity index (χ4n) is 1.14. The molecule has 1 N–H and O–H groups in total. The number of terminal acetylenes is 1. The predicted octanol–water partition coefficient (Wildman–Crippen LogP) is 0.444. The van der Waals surface area contributed by atoms with Gasteiger partial charge in [-0.2, -0.15) is 0 Å². The Balaban J connectivity index is 2.52. The van der Waals surface area contributed by atoms with Crippen LogP contribution in [0.1, 0.15) is 0 Å². The lowest BCUT2D eigenvalue weighted by molar-refractivity contribution is 0.626. The third-order valence-electron chi connectivity index (χ3n) is 1.70. The van der Waals surface area contributed by atoms with E-state index in [-0.39, 0.29) is 0 Å². The predicted molar refractivity (Wildman–Crippen MR) is 40.4 cm³/mol. The summed E-state index contributed by atoms with van der Waals surface area (Å²) < 4.78 is 0. The second kappa shape index (κ2) is 1.51. The van der Waals surface area contributed by atoms with Crippen LogP contribution in [0, 0.1) is 12.3 Å². The second-order valence-electron chi connectivity index (χ2n) is 2.23. The van der Waals surface area contributed by atoms with E-state index in [2.05, 4.69) is 16.2 Å². The molecule has 2 aliphatic heterocycles. The van der Waals surface area contributed by atoms with Gasteiger partial charge in [-0.3, -0.25) is 0 Å². The van der Waals surface area contributed by atoms with Gasteiger partial charge in [0.25, 0.3) is 0 Å². The van der Waals surface area contributed by atoms with E-state index >= 15 is 0 Å². The van der Waals surface area contributed by atoms with Crippen LogP contribution in [0.2, 0.25) is 0 Å². The molecule has 10 heavy (non-hydrogen) atoms. The molecule has 2 heteroatoms. The summed E-state index contributed by atoms with van der Waals surface area (Å²) in [6, 6.07) is 0. The van der Waals surface area contributed by atoms with Gasteiger partial charge in [-0.25, -0.2) is 4.99 Å². The van der Waals surface area contributed by atoms with E-state index in [0.29, 0.717) is 0 Å². The molecular formula is C8H6N2. The highest BCUT2D eigenvalue weighted by Gasteiger charge is 2.34. The van der Waals surface area contributed by atoms with Crippen LogP contribution in [0.3, 0.4) is 0 Å². The van der Waals surface area contributed by atoms with Gasteiger partial charge in [-0.15, -0.1) is 6.42 Å². The van der Waals surface area contributed by atoms with Crippen molar-refractivity contribution in [3.8, 4) is 12.3 Å². The summed E-state index contributed by atoms with van der Waals surface area (Å²) in [5.41, 5.74) is 0.495. The van der Waals surface area contributed by atoms with E-state index in [1.165, 1.54) is 0 Å². The van der Waals surface area contributed by atoms with Crippen LogP contribution in [0.15, 0.2) is 28.9 Å². The SMILES string of the molecule is C#CC12N=CC=C1C=CN2. The van der Waals surface area contributed by atoms with Crippen molar-refractivity contribution in [2.24, 2.45) is 4.99 Å². The second-order valence-corrected chi connectivity index (χ2v) is 2.23.